The number of primary amides is 1. The Morgan fingerprint density at radius 2 is 1.82 bits per heavy atom. The normalized spacial score (nSPS) is 13.7. The lowest BCUT2D eigenvalue weighted by Gasteiger charge is -2.23. The van der Waals surface area contributed by atoms with Crippen LogP contribution in [0.4, 0.5) is 11.6 Å². The van der Waals surface area contributed by atoms with Gasteiger partial charge in [-0.2, -0.15) is 0 Å². The van der Waals surface area contributed by atoms with Crippen molar-refractivity contribution in [2.24, 2.45) is 5.73 Å². The van der Waals surface area contributed by atoms with Crippen LogP contribution >= 0.6 is 11.6 Å². The lowest BCUT2D eigenvalue weighted by Crippen LogP contribution is -2.30. The molecule has 3 N–H and O–H groups in total. The van der Waals surface area contributed by atoms with E-state index in [2.05, 4.69) is 15.3 Å². The molecule has 0 aliphatic carbocycles. The highest BCUT2D eigenvalue weighted by atomic mass is 35.5. The number of amides is 1. The number of rotatable bonds is 8. The zero-order valence-corrected chi connectivity index (χ0v) is 21.2. The van der Waals surface area contributed by atoms with Crippen LogP contribution in [-0.4, -0.2) is 33.7 Å². The molecule has 1 saturated heterocycles. The number of benzene rings is 2. The van der Waals surface area contributed by atoms with Crippen molar-refractivity contribution in [2.45, 2.75) is 25.3 Å². The molecule has 0 radical (unpaired) electrons. The molecular formula is C28H26ClN5O4. The van der Waals surface area contributed by atoms with Gasteiger partial charge in [-0.3, -0.25) is 14.2 Å². The van der Waals surface area contributed by atoms with E-state index in [0.717, 1.165) is 18.4 Å². The molecule has 2 aromatic carbocycles. The molecule has 1 aliphatic rings. The number of nitrogens with zero attached hydrogens (tertiary/aromatic N) is 3. The van der Waals surface area contributed by atoms with E-state index in [0.29, 0.717) is 47.7 Å². The number of anilines is 2. The van der Waals surface area contributed by atoms with Crippen molar-refractivity contribution in [3.63, 3.8) is 0 Å². The van der Waals surface area contributed by atoms with Gasteiger partial charge in [0.05, 0.1) is 6.54 Å². The van der Waals surface area contributed by atoms with Gasteiger partial charge in [-0.15, -0.1) is 0 Å². The minimum Gasteiger partial charge on any atom is -0.439 e. The average molecular weight is 532 g/mol. The summed E-state index contributed by atoms with van der Waals surface area (Å²) < 4.78 is 12.9. The summed E-state index contributed by atoms with van der Waals surface area (Å²) in [6.45, 7) is 1.61. The maximum atomic E-state index is 13.6. The van der Waals surface area contributed by atoms with Crippen molar-refractivity contribution in [1.29, 1.82) is 0 Å². The summed E-state index contributed by atoms with van der Waals surface area (Å²) in [7, 11) is 0. The highest BCUT2D eigenvalue weighted by molar-refractivity contribution is 6.30. The average Bonchev–Trinajstić information content (AvgIpc) is 2.93. The monoisotopic (exact) mass is 531 g/mol. The van der Waals surface area contributed by atoms with Crippen molar-refractivity contribution in [2.75, 3.05) is 18.5 Å². The van der Waals surface area contributed by atoms with Gasteiger partial charge >= 0.3 is 0 Å². The summed E-state index contributed by atoms with van der Waals surface area (Å²) in [6.07, 6.45) is 3.26. The molecule has 0 atom stereocenters. The maximum absolute atomic E-state index is 13.6. The first-order chi connectivity index (χ1) is 18.5. The van der Waals surface area contributed by atoms with E-state index in [4.69, 9.17) is 26.8 Å². The van der Waals surface area contributed by atoms with Crippen molar-refractivity contribution in [3.8, 4) is 11.6 Å². The first kappa shape index (κ1) is 25.4. The number of carbonyl (C=O) groups excluding carboxylic acids is 1. The van der Waals surface area contributed by atoms with Gasteiger partial charge in [0.2, 0.25) is 11.8 Å². The Balaban J connectivity index is 1.40. The molecule has 1 aliphatic heterocycles. The van der Waals surface area contributed by atoms with E-state index >= 15 is 0 Å². The number of hydrogen-bond acceptors (Lipinski definition) is 7. The van der Waals surface area contributed by atoms with Crippen LogP contribution in [-0.2, 0) is 11.3 Å². The second-order valence-electron chi connectivity index (χ2n) is 8.92. The molecule has 1 amide bonds. The molecule has 194 valence electrons. The van der Waals surface area contributed by atoms with Gasteiger partial charge < -0.3 is 20.5 Å². The predicted octanol–water partition coefficient (Wildman–Crippen LogP) is 4.87. The molecule has 0 spiro atoms. The summed E-state index contributed by atoms with van der Waals surface area (Å²) in [6, 6.07) is 19.3. The second kappa shape index (κ2) is 11.5. The molecule has 0 saturated carbocycles. The van der Waals surface area contributed by atoms with Gasteiger partial charge in [0.15, 0.2) is 0 Å². The SMILES string of the molecule is NC(=O)c1cccc(Oc2ccc(Nc3ncc(C4CCOCC4)c(=O)n3Cc3ccc(Cl)cc3)cc2)n1. The summed E-state index contributed by atoms with van der Waals surface area (Å²) in [5, 5.41) is 3.89. The molecule has 0 bridgehead atoms. The number of hydrogen-bond donors (Lipinski definition) is 2. The van der Waals surface area contributed by atoms with Gasteiger partial charge in [0.1, 0.15) is 11.4 Å². The number of nitrogens with one attached hydrogen (secondary N) is 1. The molecule has 3 heterocycles. The van der Waals surface area contributed by atoms with Crippen LogP contribution in [0.2, 0.25) is 5.02 Å². The van der Waals surface area contributed by atoms with Crippen molar-refractivity contribution < 1.29 is 14.3 Å². The highest BCUT2D eigenvalue weighted by Crippen LogP contribution is 2.26. The number of pyridine rings is 1. The minimum absolute atomic E-state index is 0.0790. The first-order valence-corrected chi connectivity index (χ1v) is 12.6. The van der Waals surface area contributed by atoms with Crippen molar-refractivity contribution >= 4 is 29.1 Å². The van der Waals surface area contributed by atoms with Crippen molar-refractivity contribution in [1.82, 2.24) is 14.5 Å². The van der Waals surface area contributed by atoms with Crippen LogP contribution in [0.1, 0.15) is 40.4 Å². The molecule has 1 fully saturated rings. The number of ether oxygens (including phenoxy) is 2. The van der Waals surface area contributed by atoms with E-state index in [1.807, 2.05) is 12.1 Å². The summed E-state index contributed by atoms with van der Waals surface area (Å²) in [5.74, 6) is 0.683. The third kappa shape index (κ3) is 6.01. The van der Waals surface area contributed by atoms with Gasteiger partial charge in [-0.05, 0) is 66.8 Å². The number of nitrogens with two attached hydrogens (primary N) is 1. The molecule has 5 rings (SSSR count). The smallest absolute Gasteiger partial charge is 0.267 e. The van der Waals surface area contributed by atoms with Crippen molar-refractivity contribution in [3.05, 3.63) is 105 Å². The molecule has 9 nitrogen and oxygen atoms in total. The Hall–Kier alpha value is -4.21. The number of carbonyl (C=O) groups is 1. The standard InChI is InChI=1S/C28H26ClN5O4/c29-20-6-4-18(5-7-20)17-34-27(36)23(19-12-14-37-15-13-19)16-31-28(34)32-21-8-10-22(11-9-21)38-25-3-1-2-24(33-25)26(30)35/h1-11,16,19H,12-15,17H2,(H2,30,35)(H,31,32). The Kier molecular flexibility index (Phi) is 7.67. The molecular weight excluding hydrogens is 506 g/mol. The van der Waals surface area contributed by atoms with E-state index in [9.17, 15) is 9.59 Å². The lowest BCUT2D eigenvalue weighted by atomic mass is 9.94. The Bertz CT molecular complexity index is 1480. The fourth-order valence-corrected chi connectivity index (χ4v) is 4.41. The minimum atomic E-state index is -0.630. The van der Waals surface area contributed by atoms with Crippen LogP contribution < -0.4 is 21.3 Å². The zero-order chi connectivity index (χ0) is 26.5. The summed E-state index contributed by atoms with van der Waals surface area (Å²) in [4.78, 5) is 33.7. The quantitative estimate of drug-likeness (QED) is 0.332. The molecule has 4 aromatic rings. The Morgan fingerprint density at radius 3 is 2.53 bits per heavy atom. The van der Waals surface area contributed by atoms with Crippen LogP contribution in [0.3, 0.4) is 0 Å². The van der Waals surface area contributed by atoms with E-state index < -0.39 is 5.91 Å². The molecule has 10 heteroatoms. The largest absolute Gasteiger partial charge is 0.439 e. The van der Waals surface area contributed by atoms with Gasteiger partial charge in [-0.25, -0.2) is 9.97 Å². The third-order valence-corrected chi connectivity index (χ3v) is 6.55. The van der Waals surface area contributed by atoms with Gasteiger partial charge in [0.25, 0.3) is 11.5 Å². The summed E-state index contributed by atoms with van der Waals surface area (Å²) >= 11 is 6.06. The van der Waals surface area contributed by atoms with E-state index in [1.54, 1.807) is 59.3 Å². The van der Waals surface area contributed by atoms with Gasteiger partial charge in [0, 0.05) is 41.8 Å². The molecule has 2 aromatic heterocycles. The predicted molar refractivity (Wildman–Crippen MR) is 144 cm³/mol. The molecule has 38 heavy (non-hydrogen) atoms. The first-order valence-electron chi connectivity index (χ1n) is 12.2. The highest BCUT2D eigenvalue weighted by Gasteiger charge is 2.22. The Labute approximate surface area is 224 Å². The second-order valence-corrected chi connectivity index (χ2v) is 9.35. The fraction of sp³-hybridized carbons (Fsp3) is 0.214. The maximum Gasteiger partial charge on any atom is 0.267 e. The zero-order valence-electron chi connectivity index (χ0n) is 20.5. The number of aromatic nitrogens is 3. The summed E-state index contributed by atoms with van der Waals surface area (Å²) in [5.41, 5.74) is 7.67. The van der Waals surface area contributed by atoms with Crippen LogP contribution in [0, 0.1) is 0 Å². The lowest BCUT2D eigenvalue weighted by molar-refractivity contribution is 0.0849. The third-order valence-electron chi connectivity index (χ3n) is 6.30. The number of halogens is 1. The topological polar surface area (TPSA) is 121 Å². The Morgan fingerprint density at radius 1 is 1.08 bits per heavy atom. The van der Waals surface area contributed by atoms with E-state index in [-0.39, 0.29) is 23.1 Å². The van der Waals surface area contributed by atoms with Crippen LogP contribution in [0.15, 0.2) is 77.7 Å². The van der Waals surface area contributed by atoms with Crippen LogP contribution in [0.25, 0.3) is 0 Å². The van der Waals surface area contributed by atoms with Crippen LogP contribution in [0.5, 0.6) is 11.6 Å². The van der Waals surface area contributed by atoms with E-state index in [1.165, 1.54) is 6.07 Å². The fourth-order valence-electron chi connectivity index (χ4n) is 4.28. The van der Waals surface area contributed by atoms with Gasteiger partial charge in [-0.1, -0.05) is 29.8 Å². The molecule has 0 unspecified atom stereocenters.